The first-order valence-corrected chi connectivity index (χ1v) is 8.98. The highest BCUT2D eigenvalue weighted by Crippen LogP contribution is 2.39. The van der Waals surface area contributed by atoms with Crippen molar-refractivity contribution in [1.29, 1.82) is 0 Å². The average molecular weight is 298 g/mol. The molecule has 0 aromatic rings. The van der Waals surface area contributed by atoms with Gasteiger partial charge >= 0.3 is 5.97 Å². The molecule has 2 unspecified atom stereocenters. The van der Waals surface area contributed by atoms with Gasteiger partial charge in [0.2, 0.25) is 0 Å². The van der Waals surface area contributed by atoms with Gasteiger partial charge in [-0.05, 0) is 18.8 Å². The lowest BCUT2D eigenvalue weighted by Crippen LogP contribution is -2.34. The first kappa shape index (κ1) is 18.5. The Morgan fingerprint density at radius 2 is 1.62 bits per heavy atom. The quantitative estimate of drug-likeness (QED) is 0.276. The standard InChI is InChI=1S/C18H34O3/c1-4-6-8-9-10-11-12-13-16(3)18(15-21-18)17(19)20-14-7-5-2/h16H,4-15H2,1-3H3. The summed E-state index contributed by atoms with van der Waals surface area (Å²) in [6.07, 6.45) is 12.2. The van der Waals surface area contributed by atoms with Crippen molar-refractivity contribution >= 4 is 5.97 Å². The van der Waals surface area contributed by atoms with Crippen molar-refractivity contribution in [2.45, 2.75) is 90.6 Å². The van der Waals surface area contributed by atoms with E-state index in [2.05, 4.69) is 20.8 Å². The van der Waals surface area contributed by atoms with Crippen LogP contribution in [0.15, 0.2) is 0 Å². The molecule has 0 N–H and O–H groups in total. The van der Waals surface area contributed by atoms with Gasteiger partial charge in [-0.15, -0.1) is 0 Å². The smallest absolute Gasteiger partial charge is 0.341 e. The van der Waals surface area contributed by atoms with E-state index in [-0.39, 0.29) is 11.9 Å². The van der Waals surface area contributed by atoms with Gasteiger partial charge in [0.05, 0.1) is 13.2 Å². The summed E-state index contributed by atoms with van der Waals surface area (Å²) in [5.74, 6) is 0.147. The third-order valence-corrected chi connectivity index (χ3v) is 4.57. The second kappa shape index (κ2) is 10.2. The van der Waals surface area contributed by atoms with E-state index >= 15 is 0 Å². The Bertz CT molecular complexity index is 284. The van der Waals surface area contributed by atoms with Gasteiger partial charge in [0.1, 0.15) is 0 Å². The molecular formula is C18H34O3. The van der Waals surface area contributed by atoms with Crippen molar-refractivity contribution in [2.24, 2.45) is 5.92 Å². The fourth-order valence-electron chi connectivity index (χ4n) is 2.75. The zero-order chi connectivity index (χ0) is 15.6. The molecule has 1 rings (SSSR count). The molecule has 1 saturated heterocycles. The number of rotatable bonds is 13. The molecule has 0 aliphatic carbocycles. The predicted octanol–water partition coefficient (Wildman–Crippen LogP) is 4.88. The van der Waals surface area contributed by atoms with Crippen LogP contribution in [0.5, 0.6) is 0 Å². The molecule has 0 bridgehead atoms. The molecule has 124 valence electrons. The van der Waals surface area contributed by atoms with E-state index in [0.717, 1.165) is 19.3 Å². The van der Waals surface area contributed by atoms with Gasteiger partial charge in [0.15, 0.2) is 5.60 Å². The highest BCUT2D eigenvalue weighted by Gasteiger charge is 2.57. The first-order valence-electron chi connectivity index (χ1n) is 8.98. The van der Waals surface area contributed by atoms with Gasteiger partial charge in [-0.3, -0.25) is 0 Å². The van der Waals surface area contributed by atoms with Gasteiger partial charge in [0, 0.05) is 0 Å². The zero-order valence-electron chi connectivity index (χ0n) is 14.3. The highest BCUT2D eigenvalue weighted by molar-refractivity contribution is 5.82. The summed E-state index contributed by atoms with van der Waals surface area (Å²) < 4.78 is 10.8. The molecule has 1 aliphatic rings. The predicted molar refractivity (Wildman–Crippen MR) is 86.3 cm³/mol. The van der Waals surface area contributed by atoms with E-state index in [4.69, 9.17) is 9.47 Å². The lowest BCUT2D eigenvalue weighted by molar-refractivity contribution is -0.152. The molecule has 21 heavy (non-hydrogen) atoms. The Balaban J connectivity index is 2.13. The summed E-state index contributed by atoms with van der Waals surface area (Å²) in [5.41, 5.74) is -0.601. The van der Waals surface area contributed by atoms with Crippen molar-refractivity contribution in [3.05, 3.63) is 0 Å². The Hall–Kier alpha value is -0.570. The first-order chi connectivity index (χ1) is 10.2. The number of ether oxygens (including phenoxy) is 2. The Labute approximate surface area is 130 Å². The summed E-state index contributed by atoms with van der Waals surface area (Å²) in [4.78, 5) is 12.1. The molecule has 0 saturated carbocycles. The van der Waals surface area contributed by atoms with Crippen LogP contribution >= 0.6 is 0 Å². The third-order valence-electron chi connectivity index (χ3n) is 4.57. The maximum absolute atomic E-state index is 12.1. The second-order valence-corrected chi connectivity index (χ2v) is 6.48. The zero-order valence-corrected chi connectivity index (χ0v) is 14.3. The van der Waals surface area contributed by atoms with Crippen LogP contribution in [0.3, 0.4) is 0 Å². The van der Waals surface area contributed by atoms with Crippen molar-refractivity contribution in [2.75, 3.05) is 13.2 Å². The van der Waals surface area contributed by atoms with E-state index in [1.165, 1.54) is 44.9 Å². The van der Waals surface area contributed by atoms with Gasteiger partial charge in [-0.1, -0.05) is 72.1 Å². The fourth-order valence-corrected chi connectivity index (χ4v) is 2.75. The topological polar surface area (TPSA) is 38.8 Å². The van der Waals surface area contributed by atoms with Crippen LogP contribution in [0.25, 0.3) is 0 Å². The highest BCUT2D eigenvalue weighted by atomic mass is 16.6. The number of hydrogen-bond acceptors (Lipinski definition) is 3. The van der Waals surface area contributed by atoms with Gasteiger partial charge < -0.3 is 9.47 Å². The molecule has 0 aromatic carbocycles. The van der Waals surface area contributed by atoms with Crippen LogP contribution in [0.1, 0.15) is 85.0 Å². The Morgan fingerprint density at radius 3 is 2.19 bits per heavy atom. The summed E-state index contributed by atoms with van der Waals surface area (Å²) >= 11 is 0. The maximum Gasteiger partial charge on any atom is 0.341 e. The molecular weight excluding hydrogens is 264 g/mol. The monoisotopic (exact) mass is 298 g/mol. The van der Waals surface area contributed by atoms with E-state index < -0.39 is 5.60 Å². The molecule has 1 fully saturated rings. The fraction of sp³-hybridized carbons (Fsp3) is 0.944. The lowest BCUT2D eigenvalue weighted by Gasteiger charge is -2.18. The number of esters is 1. The van der Waals surface area contributed by atoms with E-state index in [1.807, 2.05) is 0 Å². The molecule has 0 radical (unpaired) electrons. The van der Waals surface area contributed by atoms with Crippen LogP contribution in [-0.4, -0.2) is 24.8 Å². The van der Waals surface area contributed by atoms with Crippen LogP contribution in [0, 0.1) is 5.92 Å². The minimum atomic E-state index is -0.601. The normalized spacial score (nSPS) is 22.0. The number of carbonyl (C=O) groups is 1. The number of hydrogen-bond donors (Lipinski definition) is 0. The molecule has 0 amide bonds. The van der Waals surface area contributed by atoms with Crippen LogP contribution in [-0.2, 0) is 14.3 Å². The molecule has 2 atom stereocenters. The van der Waals surface area contributed by atoms with Crippen LogP contribution in [0.4, 0.5) is 0 Å². The Kier molecular flexibility index (Phi) is 8.98. The van der Waals surface area contributed by atoms with Gasteiger partial charge in [0.25, 0.3) is 0 Å². The third kappa shape index (κ3) is 6.37. The van der Waals surface area contributed by atoms with Gasteiger partial charge in [-0.2, -0.15) is 0 Å². The largest absolute Gasteiger partial charge is 0.463 e. The lowest BCUT2D eigenvalue weighted by atomic mass is 9.89. The molecule has 1 heterocycles. The number of carbonyl (C=O) groups excluding carboxylic acids is 1. The number of epoxide rings is 1. The second-order valence-electron chi connectivity index (χ2n) is 6.48. The van der Waals surface area contributed by atoms with Crippen molar-refractivity contribution in [1.82, 2.24) is 0 Å². The van der Waals surface area contributed by atoms with Crippen molar-refractivity contribution < 1.29 is 14.3 Å². The van der Waals surface area contributed by atoms with E-state index in [9.17, 15) is 4.79 Å². The molecule has 0 spiro atoms. The number of unbranched alkanes of at least 4 members (excludes halogenated alkanes) is 7. The molecule has 0 aromatic heterocycles. The van der Waals surface area contributed by atoms with Crippen molar-refractivity contribution in [3.8, 4) is 0 Å². The summed E-state index contributed by atoms with van der Waals surface area (Å²) in [6, 6.07) is 0. The average Bonchev–Trinajstić information content (AvgIpc) is 3.28. The Morgan fingerprint density at radius 1 is 1.05 bits per heavy atom. The SMILES string of the molecule is CCCCCCCCCC(C)C1(C(=O)OCCCC)CO1. The molecule has 3 heteroatoms. The molecule has 1 aliphatic heterocycles. The maximum atomic E-state index is 12.1. The minimum absolute atomic E-state index is 0.133. The summed E-state index contributed by atoms with van der Waals surface area (Å²) in [6.45, 7) is 7.56. The van der Waals surface area contributed by atoms with E-state index in [0.29, 0.717) is 13.2 Å². The summed E-state index contributed by atoms with van der Waals surface area (Å²) in [7, 11) is 0. The summed E-state index contributed by atoms with van der Waals surface area (Å²) in [5, 5.41) is 0. The minimum Gasteiger partial charge on any atom is -0.463 e. The molecule has 3 nitrogen and oxygen atoms in total. The van der Waals surface area contributed by atoms with Crippen molar-refractivity contribution in [3.63, 3.8) is 0 Å². The van der Waals surface area contributed by atoms with E-state index in [1.54, 1.807) is 0 Å². The van der Waals surface area contributed by atoms with Crippen LogP contribution in [0.2, 0.25) is 0 Å². The van der Waals surface area contributed by atoms with Crippen LogP contribution < -0.4 is 0 Å². The van der Waals surface area contributed by atoms with Gasteiger partial charge in [-0.25, -0.2) is 4.79 Å².